The summed E-state index contributed by atoms with van der Waals surface area (Å²) in [4.78, 5) is 14.8. The van der Waals surface area contributed by atoms with Gasteiger partial charge in [0.25, 0.3) is 5.91 Å². The third kappa shape index (κ3) is 3.96. The fourth-order valence-electron chi connectivity index (χ4n) is 3.18. The van der Waals surface area contributed by atoms with Crippen molar-refractivity contribution in [3.8, 4) is 0 Å². The summed E-state index contributed by atoms with van der Waals surface area (Å²) in [6, 6.07) is 5.80. The van der Waals surface area contributed by atoms with Crippen LogP contribution in [0.3, 0.4) is 0 Å². The monoisotopic (exact) mass is 378 g/mol. The summed E-state index contributed by atoms with van der Waals surface area (Å²) in [5.41, 5.74) is 1.65. The van der Waals surface area contributed by atoms with Gasteiger partial charge in [0.05, 0.1) is 0 Å². The molecule has 2 aromatic rings. The van der Waals surface area contributed by atoms with Crippen molar-refractivity contribution < 1.29 is 9.21 Å². The zero-order valence-corrected chi connectivity index (χ0v) is 15.1. The van der Waals surface area contributed by atoms with E-state index in [1.54, 1.807) is 0 Å². The first kappa shape index (κ1) is 16.5. The molecule has 1 amide bonds. The molecule has 124 valence electrons. The zero-order chi connectivity index (χ0) is 16.2. The fraction of sp³-hybridized carbons (Fsp3) is 0.500. The van der Waals surface area contributed by atoms with E-state index < -0.39 is 0 Å². The number of furan rings is 1. The van der Waals surface area contributed by atoms with Crippen LogP contribution in [0.25, 0.3) is 11.0 Å². The van der Waals surface area contributed by atoms with Crippen molar-refractivity contribution in [1.82, 2.24) is 10.2 Å². The van der Waals surface area contributed by atoms with Gasteiger partial charge in [0.1, 0.15) is 5.58 Å². The highest BCUT2D eigenvalue weighted by molar-refractivity contribution is 9.10. The number of carbonyl (C=O) groups is 1. The average Bonchev–Trinajstić information content (AvgIpc) is 2.72. The van der Waals surface area contributed by atoms with Gasteiger partial charge in [-0.1, -0.05) is 28.8 Å². The Labute approximate surface area is 145 Å². The molecule has 0 radical (unpaired) electrons. The summed E-state index contributed by atoms with van der Waals surface area (Å²) in [6.07, 6.45) is 5.20. The van der Waals surface area contributed by atoms with Crippen molar-refractivity contribution >= 4 is 32.8 Å². The molecule has 23 heavy (non-hydrogen) atoms. The van der Waals surface area contributed by atoms with Gasteiger partial charge < -0.3 is 14.6 Å². The van der Waals surface area contributed by atoms with Crippen LogP contribution in [0.1, 0.15) is 41.8 Å². The van der Waals surface area contributed by atoms with Crippen molar-refractivity contribution in [3.05, 3.63) is 34.0 Å². The second-order valence-corrected chi connectivity index (χ2v) is 7.12. The number of amides is 1. The lowest BCUT2D eigenvalue weighted by Crippen LogP contribution is -2.35. The maximum absolute atomic E-state index is 12.4. The van der Waals surface area contributed by atoms with Crippen LogP contribution in [-0.2, 0) is 0 Å². The van der Waals surface area contributed by atoms with Gasteiger partial charge in [-0.15, -0.1) is 0 Å². The molecule has 1 fully saturated rings. The number of benzene rings is 1. The van der Waals surface area contributed by atoms with Crippen molar-refractivity contribution in [2.45, 2.75) is 32.6 Å². The van der Waals surface area contributed by atoms with E-state index in [1.165, 1.54) is 25.7 Å². The van der Waals surface area contributed by atoms with Crippen molar-refractivity contribution in [3.63, 3.8) is 0 Å². The van der Waals surface area contributed by atoms with Crippen molar-refractivity contribution in [2.24, 2.45) is 0 Å². The molecule has 0 saturated carbocycles. The molecule has 1 aliphatic rings. The molecule has 4 nitrogen and oxygen atoms in total. The van der Waals surface area contributed by atoms with Crippen molar-refractivity contribution in [1.29, 1.82) is 0 Å². The standard InChI is InChI=1S/C18H23BrN2O2/c1-13-15-12-14(19)6-7-16(15)23-17(13)18(22)20-8-11-21-9-4-2-3-5-10-21/h6-7,12H,2-5,8-11H2,1H3,(H,20,22). The maximum Gasteiger partial charge on any atom is 0.287 e. The smallest absolute Gasteiger partial charge is 0.287 e. The molecule has 1 aromatic carbocycles. The molecule has 5 heteroatoms. The van der Waals surface area contributed by atoms with Gasteiger partial charge in [-0.05, 0) is 51.1 Å². The lowest BCUT2D eigenvalue weighted by atomic mass is 10.1. The molecule has 0 spiro atoms. The minimum Gasteiger partial charge on any atom is -0.451 e. The number of rotatable bonds is 4. The van der Waals surface area contributed by atoms with Crippen LogP contribution in [0.2, 0.25) is 0 Å². The van der Waals surface area contributed by atoms with Crippen LogP contribution in [0.15, 0.2) is 27.1 Å². The van der Waals surface area contributed by atoms with E-state index in [2.05, 4.69) is 26.1 Å². The largest absolute Gasteiger partial charge is 0.451 e. The van der Waals surface area contributed by atoms with Crippen LogP contribution in [0.4, 0.5) is 0 Å². The molecule has 1 saturated heterocycles. The number of carbonyl (C=O) groups excluding carboxylic acids is 1. The van der Waals surface area contributed by atoms with Gasteiger partial charge >= 0.3 is 0 Å². The van der Waals surface area contributed by atoms with E-state index in [1.807, 2.05) is 25.1 Å². The first-order chi connectivity index (χ1) is 11.1. The number of aryl methyl sites for hydroxylation is 1. The Bertz CT molecular complexity index is 688. The van der Waals surface area contributed by atoms with Gasteiger partial charge in [0, 0.05) is 28.5 Å². The van der Waals surface area contributed by atoms with E-state index in [4.69, 9.17) is 4.42 Å². The average molecular weight is 379 g/mol. The number of fused-ring (bicyclic) bond motifs is 1. The molecule has 1 aliphatic heterocycles. The van der Waals surface area contributed by atoms with Gasteiger partial charge in [-0.2, -0.15) is 0 Å². The van der Waals surface area contributed by atoms with E-state index in [0.29, 0.717) is 12.3 Å². The van der Waals surface area contributed by atoms with Crippen LogP contribution in [0.5, 0.6) is 0 Å². The minimum atomic E-state index is -0.121. The van der Waals surface area contributed by atoms with Gasteiger partial charge in [-0.3, -0.25) is 4.79 Å². The highest BCUT2D eigenvalue weighted by atomic mass is 79.9. The summed E-state index contributed by atoms with van der Waals surface area (Å²) in [5.74, 6) is 0.304. The second-order valence-electron chi connectivity index (χ2n) is 6.21. The summed E-state index contributed by atoms with van der Waals surface area (Å²) in [7, 11) is 0. The molecular formula is C18H23BrN2O2. The van der Waals surface area contributed by atoms with Crippen LogP contribution < -0.4 is 5.32 Å². The highest BCUT2D eigenvalue weighted by Gasteiger charge is 2.18. The van der Waals surface area contributed by atoms with E-state index in [-0.39, 0.29) is 5.91 Å². The Morgan fingerprint density at radius 3 is 2.74 bits per heavy atom. The van der Waals surface area contributed by atoms with E-state index in [0.717, 1.165) is 40.6 Å². The molecule has 0 bridgehead atoms. The molecule has 0 unspecified atom stereocenters. The Morgan fingerprint density at radius 1 is 1.26 bits per heavy atom. The summed E-state index contributed by atoms with van der Waals surface area (Å²) in [5, 5.41) is 3.98. The SMILES string of the molecule is Cc1c(C(=O)NCCN2CCCCCC2)oc2ccc(Br)cc12. The Kier molecular flexibility index (Phi) is 5.38. The highest BCUT2D eigenvalue weighted by Crippen LogP contribution is 2.27. The minimum absolute atomic E-state index is 0.121. The summed E-state index contributed by atoms with van der Waals surface area (Å²) >= 11 is 3.46. The molecule has 1 N–H and O–H groups in total. The van der Waals surface area contributed by atoms with Crippen LogP contribution in [0, 0.1) is 6.92 Å². The van der Waals surface area contributed by atoms with E-state index in [9.17, 15) is 4.79 Å². The number of nitrogens with zero attached hydrogens (tertiary/aromatic N) is 1. The second kappa shape index (κ2) is 7.49. The lowest BCUT2D eigenvalue weighted by Gasteiger charge is -2.19. The summed E-state index contributed by atoms with van der Waals surface area (Å²) in [6.45, 7) is 5.80. The molecule has 2 heterocycles. The lowest BCUT2D eigenvalue weighted by molar-refractivity contribution is 0.0922. The van der Waals surface area contributed by atoms with Crippen LogP contribution in [-0.4, -0.2) is 37.0 Å². The maximum atomic E-state index is 12.4. The number of hydrogen-bond acceptors (Lipinski definition) is 3. The quantitative estimate of drug-likeness (QED) is 0.870. The number of nitrogens with one attached hydrogen (secondary N) is 1. The third-order valence-corrected chi connectivity index (χ3v) is 5.01. The molecular weight excluding hydrogens is 356 g/mol. The van der Waals surface area contributed by atoms with Gasteiger partial charge in [0.2, 0.25) is 0 Å². The molecule has 0 atom stereocenters. The Hall–Kier alpha value is -1.33. The number of likely N-dealkylation sites (tertiary alicyclic amines) is 1. The first-order valence-corrected chi connectivity index (χ1v) is 9.13. The molecule has 0 aliphatic carbocycles. The Balaban J connectivity index is 1.61. The summed E-state index contributed by atoms with van der Waals surface area (Å²) < 4.78 is 6.72. The van der Waals surface area contributed by atoms with Gasteiger partial charge in [0.15, 0.2) is 5.76 Å². The topological polar surface area (TPSA) is 45.5 Å². The number of halogens is 1. The predicted octanol–water partition coefficient (Wildman–Crippen LogP) is 4.11. The Morgan fingerprint density at radius 2 is 2.00 bits per heavy atom. The third-order valence-electron chi connectivity index (χ3n) is 4.52. The van der Waals surface area contributed by atoms with Gasteiger partial charge in [-0.25, -0.2) is 0 Å². The fourth-order valence-corrected chi connectivity index (χ4v) is 3.54. The molecule has 3 rings (SSSR count). The molecule has 1 aromatic heterocycles. The first-order valence-electron chi connectivity index (χ1n) is 8.34. The normalized spacial score (nSPS) is 16.4. The predicted molar refractivity (Wildman–Crippen MR) is 95.9 cm³/mol. The van der Waals surface area contributed by atoms with Crippen molar-refractivity contribution in [2.75, 3.05) is 26.2 Å². The number of hydrogen-bond donors (Lipinski definition) is 1. The van der Waals surface area contributed by atoms with E-state index >= 15 is 0 Å². The zero-order valence-electron chi connectivity index (χ0n) is 13.5. The van der Waals surface area contributed by atoms with Crippen LogP contribution >= 0.6 is 15.9 Å².